The minimum atomic E-state index is -0.290. The summed E-state index contributed by atoms with van der Waals surface area (Å²) in [5, 5.41) is 6.05. The second kappa shape index (κ2) is 8.71. The van der Waals surface area contributed by atoms with Crippen LogP contribution in [0.1, 0.15) is 16.8 Å². The summed E-state index contributed by atoms with van der Waals surface area (Å²) in [6, 6.07) is 15.2. The molecule has 0 bridgehead atoms. The van der Waals surface area contributed by atoms with Crippen molar-refractivity contribution in [2.75, 3.05) is 18.4 Å². The molecule has 0 spiro atoms. The van der Waals surface area contributed by atoms with Crippen LogP contribution in [-0.4, -0.2) is 29.0 Å². The highest BCUT2D eigenvalue weighted by Crippen LogP contribution is 2.17. The van der Waals surface area contributed by atoms with Gasteiger partial charge in [-0.3, -0.25) is 9.78 Å². The number of anilines is 1. The molecule has 1 amide bonds. The number of nitrogens with zero attached hydrogens (tertiary/aromatic N) is 2. The molecule has 132 valence electrons. The van der Waals surface area contributed by atoms with Gasteiger partial charge in [-0.05, 0) is 55.0 Å². The molecule has 6 heteroatoms. The quantitative estimate of drug-likeness (QED) is 0.640. The number of aromatic nitrogens is 2. The topological polar surface area (TPSA) is 66.9 Å². The molecule has 0 aliphatic rings. The summed E-state index contributed by atoms with van der Waals surface area (Å²) in [4.78, 5) is 20.6. The van der Waals surface area contributed by atoms with E-state index in [1.807, 2.05) is 18.2 Å². The number of carbonyl (C=O) groups is 1. The van der Waals surface area contributed by atoms with Crippen LogP contribution >= 0.6 is 0 Å². The molecule has 5 nitrogen and oxygen atoms in total. The molecule has 2 N–H and O–H groups in total. The van der Waals surface area contributed by atoms with E-state index in [1.165, 1.54) is 18.3 Å². The summed E-state index contributed by atoms with van der Waals surface area (Å²) in [5.74, 6) is 0.364. The Morgan fingerprint density at radius 1 is 0.962 bits per heavy atom. The Balaban J connectivity index is 1.45. The fraction of sp³-hybridized carbons (Fsp3) is 0.150. The molecular weight excluding hydrogens is 331 g/mol. The third-order valence-corrected chi connectivity index (χ3v) is 3.78. The zero-order valence-electron chi connectivity index (χ0n) is 14.2. The lowest BCUT2D eigenvalue weighted by atomic mass is 10.1. The van der Waals surface area contributed by atoms with Gasteiger partial charge in [0.05, 0.1) is 11.3 Å². The van der Waals surface area contributed by atoms with Crippen molar-refractivity contribution in [1.29, 1.82) is 0 Å². The van der Waals surface area contributed by atoms with Crippen molar-refractivity contribution in [3.63, 3.8) is 0 Å². The van der Waals surface area contributed by atoms with Crippen LogP contribution in [0.5, 0.6) is 0 Å². The first-order valence-electron chi connectivity index (χ1n) is 8.37. The van der Waals surface area contributed by atoms with E-state index in [-0.39, 0.29) is 11.7 Å². The average Bonchev–Trinajstić information content (AvgIpc) is 2.69. The molecule has 0 unspecified atom stereocenters. The van der Waals surface area contributed by atoms with Gasteiger partial charge in [-0.1, -0.05) is 6.07 Å². The van der Waals surface area contributed by atoms with E-state index in [2.05, 4.69) is 20.6 Å². The Bertz CT molecular complexity index is 836. The van der Waals surface area contributed by atoms with Crippen LogP contribution in [0.25, 0.3) is 11.3 Å². The van der Waals surface area contributed by atoms with Crippen molar-refractivity contribution < 1.29 is 9.18 Å². The summed E-state index contributed by atoms with van der Waals surface area (Å²) < 4.78 is 13.0. The van der Waals surface area contributed by atoms with Gasteiger partial charge in [0.2, 0.25) is 0 Å². The summed E-state index contributed by atoms with van der Waals surface area (Å²) in [5.41, 5.74) is 1.99. The van der Waals surface area contributed by atoms with Crippen molar-refractivity contribution in [2.24, 2.45) is 0 Å². The predicted octanol–water partition coefficient (Wildman–Crippen LogP) is 3.51. The number of amides is 1. The van der Waals surface area contributed by atoms with Gasteiger partial charge in [-0.25, -0.2) is 9.37 Å². The first kappa shape index (κ1) is 17.5. The van der Waals surface area contributed by atoms with Crippen molar-refractivity contribution in [1.82, 2.24) is 15.3 Å². The number of halogens is 1. The van der Waals surface area contributed by atoms with Gasteiger partial charge in [0.1, 0.15) is 11.6 Å². The van der Waals surface area contributed by atoms with Gasteiger partial charge < -0.3 is 10.6 Å². The second-order valence-electron chi connectivity index (χ2n) is 5.69. The number of benzene rings is 1. The van der Waals surface area contributed by atoms with Crippen LogP contribution in [0.3, 0.4) is 0 Å². The lowest BCUT2D eigenvalue weighted by molar-refractivity contribution is 0.0953. The van der Waals surface area contributed by atoms with Crippen LogP contribution in [0.15, 0.2) is 67.0 Å². The molecule has 0 radical (unpaired) electrons. The fourth-order valence-corrected chi connectivity index (χ4v) is 2.40. The van der Waals surface area contributed by atoms with Crippen LogP contribution < -0.4 is 10.6 Å². The average molecular weight is 350 g/mol. The van der Waals surface area contributed by atoms with Crippen LogP contribution in [0.4, 0.5) is 10.2 Å². The summed E-state index contributed by atoms with van der Waals surface area (Å²) >= 11 is 0. The van der Waals surface area contributed by atoms with Crippen LogP contribution in [-0.2, 0) is 0 Å². The highest BCUT2D eigenvalue weighted by molar-refractivity contribution is 5.94. The molecule has 0 atom stereocenters. The van der Waals surface area contributed by atoms with Gasteiger partial charge in [-0.2, -0.15) is 0 Å². The van der Waals surface area contributed by atoms with E-state index in [0.29, 0.717) is 17.8 Å². The van der Waals surface area contributed by atoms with Gasteiger partial charge in [0.25, 0.3) is 5.91 Å². The van der Waals surface area contributed by atoms with E-state index in [4.69, 9.17) is 0 Å². The van der Waals surface area contributed by atoms with Gasteiger partial charge in [0, 0.05) is 31.0 Å². The maximum Gasteiger partial charge on any atom is 0.252 e. The maximum absolute atomic E-state index is 13.0. The van der Waals surface area contributed by atoms with E-state index >= 15 is 0 Å². The van der Waals surface area contributed by atoms with Crippen LogP contribution in [0, 0.1) is 5.82 Å². The van der Waals surface area contributed by atoms with Crippen LogP contribution in [0.2, 0.25) is 0 Å². The molecule has 1 aromatic carbocycles. The van der Waals surface area contributed by atoms with Gasteiger partial charge >= 0.3 is 0 Å². The molecule has 0 saturated carbocycles. The van der Waals surface area contributed by atoms with Crippen molar-refractivity contribution >= 4 is 11.7 Å². The monoisotopic (exact) mass is 350 g/mol. The smallest absolute Gasteiger partial charge is 0.252 e. The molecule has 2 aromatic heterocycles. The predicted molar refractivity (Wildman–Crippen MR) is 99.3 cm³/mol. The summed E-state index contributed by atoms with van der Waals surface area (Å²) in [6.07, 6.45) is 4.04. The molecule has 0 fully saturated rings. The number of pyridine rings is 2. The number of hydrogen-bond donors (Lipinski definition) is 2. The Morgan fingerprint density at radius 3 is 2.50 bits per heavy atom. The number of carbonyl (C=O) groups excluding carboxylic acids is 1. The molecule has 2 heterocycles. The van der Waals surface area contributed by atoms with E-state index in [0.717, 1.165) is 24.3 Å². The highest BCUT2D eigenvalue weighted by atomic mass is 19.1. The van der Waals surface area contributed by atoms with E-state index in [9.17, 15) is 9.18 Å². The normalized spacial score (nSPS) is 10.3. The zero-order valence-corrected chi connectivity index (χ0v) is 14.2. The standard InChI is InChI=1S/C20H19FN4O/c21-17-8-5-15(6-9-17)18-10-7-16(14-25-18)20(26)24-13-3-12-23-19-4-1-2-11-22-19/h1-2,4-11,14H,3,12-13H2,(H,22,23)(H,24,26). The molecule has 3 aromatic rings. The summed E-state index contributed by atoms with van der Waals surface area (Å²) in [6.45, 7) is 1.28. The summed E-state index contributed by atoms with van der Waals surface area (Å²) in [7, 11) is 0. The van der Waals surface area contributed by atoms with E-state index < -0.39 is 0 Å². The molecule has 0 aliphatic heterocycles. The molecule has 0 saturated heterocycles. The van der Waals surface area contributed by atoms with Gasteiger partial charge in [0.15, 0.2) is 0 Å². The minimum Gasteiger partial charge on any atom is -0.370 e. The number of rotatable bonds is 7. The Morgan fingerprint density at radius 2 is 1.81 bits per heavy atom. The van der Waals surface area contributed by atoms with Crippen molar-refractivity contribution in [3.05, 3.63) is 78.4 Å². The molecular formula is C20H19FN4O. The molecule has 0 aliphatic carbocycles. The SMILES string of the molecule is O=C(NCCCNc1ccccn1)c1ccc(-c2ccc(F)cc2)nc1. The number of nitrogens with one attached hydrogen (secondary N) is 2. The zero-order chi connectivity index (χ0) is 18.2. The van der Waals surface area contributed by atoms with Gasteiger partial charge in [-0.15, -0.1) is 0 Å². The number of hydrogen-bond acceptors (Lipinski definition) is 4. The maximum atomic E-state index is 13.0. The first-order chi connectivity index (χ1) is 12.7. The van der Waals surface area contributed by atoms with E-state index in [1.54, 1.807) is 30.5 Å². The van der Waals surface area contributed by atoms with Crippen molar-refractivity contribution in [2.45, 2.75) is 6.42 Å². The Kier molecular flexibility index (Phi) is 5.88. The second-order valence-corrected chi connectivity index (χ2v) is 5.69. The lowest BCUT2D eigenvalue weighted by Crippen LogP contribution is -2.26. The van der Waals surface area contributed by atoms with Crippen molar-refractivity contribution in [3.8, 4) is 11.3 Å². The third-order valence-electron chi connectivity index (χ3n) is 3.78. The Labute approximate surface area is 151 Å². The molecule has 3 rings (SSSR count). The Hall–Kier alpha value is -3.28. The lowest BCUT2D eigenvalue weighted by Gasteiger charge is -2.07. The largest absolute Gasteiger partial charge is 0.370 e. The first-order valence-corrected chi connectivity index (χ1v) is 8.37. The highest BCUT2D eigenvalue weighted by Gasteiger charge is 2.06. The minimum absolute atomic E-state index is 0.166. The third kappa shape index (κ3) is 4.86. The fourth-order valence-electron chi connectivity index (χ4n) is 2.40. The molecule has 26 heavy (non-hydrogen) atoms.